The highest BCUT2D eigenvalue weighted by molar-refractivity contribution is 6.26. The molecule has 1 aliphatic carbocycles. The second-order valence-electron chi connectivity index (χ2n) is 7.13. The third kappa shape index (κ3) is 1.96. The Morgan fingerprint density at radius 2 is 1.65 bits per heavy atom. The number of ether oxygens (including phenoxy) is 1. The molecule has 3 aliphatic rings. The van der Waals surface area contributed by atoms with Crippen molar-refractivity contribution < 1.29 is 14.6 Å². The topological polar surface area (TPSA) is 46.5 Å². The van der Waals surface area contributed by atoms with Crippen LogP contribution in [0.1, 0.15) is 48.9 Å². The third-order valence-corrected chi connectivity index (χ3v) is 5.85. The minimum atomic E-state index is -0.153. The number of aryl methyl sites for hydroxylation is 3. The smallest absolute Gasteiger partial charge is 0.173 e. The molecule has 0 radical (unpaired) electrons. The van der Waals surface area contributed by atoms with Crippen LogP contribution in [0.4, 0.5) is 0 Å². The molecule has 1 N–H and O–H groups in total. The largest absolute Gasteiger partial charge is 0.511 e. The fourth-order valence-electron chi connectivity index (χ4n) is 4.89. The van der Waals surface area contributed by atoms with Gasteiger partial charge in [-0.15, -0.1) is 0 Å². The van der Waals surface area contributed by atoms with Crippen molar-refractivity contribution in [2.24, 2.45) is 11.8 Å². The monoisotopic (exact) mass is 312 g/mol. The predicted molar refractivity (Wildman–Crippen MR) is 89.4 cm³/mol. The molecule has 2 bridgehead atoms. The zero-order chi connectivity index (χ0) is 16.3. The SMILES string of the molecule is CCc1cc(C)cc(CC)c1C1=C(O)C2C3CCC(O3)C2C1=O. The maximum atomic E-state index is 13.1. The fraction of sp³-hybridized carbons (Fsp3) is 0.550. The van der Waals surface area contributed by atoms with Gasteiger partial charge in [-0.2, -0.15) is 0 Å². The number of hydrogen-bond donors (Lipinski definition) is 1. The summed E-state index contributed by atoms with van der Waals surface area (Å²) in [6.45, 7) is 6.32. The Balaban J connectivity index is 1.90. The summed E-state index contributed by atoms with van der Waals surface area (Å²) in [5.74, 6) is 0.139. The van der Waals surface area contributed by atoms with Crippen LogP contribution in [-0.4, -0.2) is 23.1 Å². The van der Waals surface area contributed by atoms with Crippen LogP contribution in [0.2, 0.25) is 0 Å². The van der Waals surface area contributed by atoms with E-state index >= 15 is 0 Å². The van der Waals surface area contributed by atoms with Gasteiger partial charge in [0.25, 0.3) is 0 Å². The second-order valence-corrected chi connectivity index (χ2v) is 7.13. The number of hydrogen-bond acceptors (Lipinski definition) is 3. The quantitative estimate of drug-likeness (QED) is 0.924. The van der Waals surface area contributed by atoms with E-state index in [1.165, 1.54) is 16.7 Å². The van der Waals surface area contributed by atoms with E-state index in [1.807, 2.05) is 0 Å². The normalized spacial score (nSPS) is 32.0. The van der Waals surface area contributed by atoms with Gasteiger partial charge in [-0.25, -0.2) is 0 Å². The lowest BCUT2D eigenvalue weighted by molar-refractivity contribution is -0.118. The number of rotatable bonds is 3. The number of Topliss-reactive ketones (excluding diaryl/α,β-unsaturated/α-hetero) is 1. The number of aliphatic hydroxyl groups is 1. The van der Waals surface area contributed by atoms with Crippen LogP contribution >= 0.6 is 0 Å². The van der Waals surface area contributed by atoms with Gasteiger partial charge in [-0.05, 0) is 49.3 Å². The number of fused-ring (bicyclic) bond motifs is 5. The molecule has 0 aromatic heterocycles. The summed E-state index contributed by atoms with van der Waals surface area (Å²) in [5, 5.41) is 10.9. The maximum absolute atomic E-state index is 13.1. The molecule has 0 saturated carbocycles. The lowest BCUT2D eigenvalue weighted by Gasteiger charge is -2.19. The van der Waals surface area contributed by atoms with E-state index in [1.54, 1.807) is 0 Å². The van der Waals surface area contributed by atoms with Crippen LogP contribution in [0.3, 0.4) is 0 Å². The molecule has 4 atom stereocenters. The van der Waals surface area contributed by atoms with Crippen molar-refractivity contribution in [3.05, 3.63) is 40.1 Å². The molecule has 122 valence electrons. The first-order chi connectivity index (χ1) is 11.1. The summed E-state index contributed by atoms with van der Waals surface area (Å²) in [7, 11) is 0. The molecule has 1 aromatic rings. The first-order valence-electron chi connectivity index (χ1n) is 8.82. The van der Waals surface area contributed by atoms with Gasteiger partial charge in [0.05, 0.1) is 29.6 Å². The molecule has 4 unspecified atom stereocenters. The summed E-state index contributed by atoms with van der Waals surface area (Å²) in [6.07, 6.45) is 3.70. The highest BCUT2D eigenvalue weighted by Gasteiger charge is 2.59. The van der Waals surface area contributed by atoms with Gasteiger partial charge in [-0.3, -0.25) is 4.79 Å². The molecule has 2 saturated heterocycles. The van der Waals surface area contributed by atoms with Gasteiger partial charge in [-0.1, -0.05) is 31.5 Å². The third-order valence-electron chi connectivity index (χ3n) is 5.85. The van der Waals surface area contributed by atoms with Crippen LogP contribution in [0.15, 0.2) is 17.9 Å². The van der Waals surface area contributed by atoms with Gasteiger partial charge in [0, 0.05) is 0 Å². The fourth-order valence-corrected chi connectivity index (χ4v) is 4.89. The van der Waals surface area contributed by atoms with Crippen LogP contribution in [-0.2, 0) is 22.4 Å². The molecule has 0 spiro atoms. The van der Waals surface area contributed by atoms with Gasteiger partial charge in [0.1, 0.15) is 5.76 Å². The highest BCUT2D eigenvalue weighted by Crippen LogP contribution is 2.54. The standard InChI is InChI=1S/C20H24O3/c1-4-11-8-10(3)9-12(5-2)15(11)18-19(21)16-13-6-7-14(23-13)17(16)20(18)22/h8-9,13-14,16-17,21H,4-7H2,1-3H3. The van der Waals surface area contributed by atoms with Crippen molar-refractivity contribution in [2.45, 2.75) is 58.7 Å². The Morgan fingerprint density at radius 1 is 1.09 bits per heavy atom. The summed E-state index contributed by atoms with van der Waals surface area (Å²) in [6, 6.07) is 4.31. The zero-order valence-corrected chi connectivity index (χ0v) is 14.1. The molecule has 23 heavy (non-hydrogen) atoms. The summed E-state index contributed by atoms with van der Waals surface area (Å²) in [5.41, 5.74) is 5.15. The molecular formula is C20H24O3. The number of allylic oxidation sites excluding steroid dienone is 1. The van der Waals surface area contributed by atoms with E-state index in [0.717, 1.165) is 31.2 Å². The van der Waals surface area contributed by atoms with E-state index in [2.05, 4.69) is 32.9 Å². The number of aliphatic hydroxyl groups excluding tert-OH is 1. The van der Waals surface area contributed by atoms with Gasteiger partial charge in [0.15, 0.2) is 5.78 Å². The van der Waals surface area contributed by atoms with Crippen molar-refractivity contribution in [3.63, 3.8) is 0 Å². The van der Waals surface area contributed by atoms with E-state index in [9.17, 15) is 9.90 Å². The molecule has 2 heterocycles. The summed E-state index contributed by atoms with van der Waals surface area (Å²) in [4.78, 5) is 13.1. The average Bonchev–Trinajstić information content (AvgIpc) is 3.21. The Bertz CT molecular complexity index is 691. The summed E-state index contributed by atoms with van der Waals surface area (Å²) >= 11 is 0. The van der Waals surface area contributed by atoms with Crippen LogP contribution in [0.25, 0.3) is 5.57 Å². The number of carbonyl (C=O) groups is 1. The van der Waals surface area contributed by atoms with Gasteiger partial charge < -0.3 is 9.84 Å². The van der Waals surface area contributed by atoms with Crippen molar-refractivity contribution in [2.75, 3.05) is 0 Å². The molecule has 2 aliphatic heterocycles. The van der Waals surface area contributed by atoms with Crippen LogP contribution in [0, 0.1) is 18.8 Å². The second kappa shape index (κ2) is 5.20. The van der Waals surface area contributed by atoms with E-state index in [0.29, 0.717) is 11.3 Å². The molecule has 4 rings (SSSR count). The first kappa shape index (κ1) is 14.9. The lowest BCUT2D eigenvalue weighted by atomic mass is 9.80. The Kier molecular flexibility index (Phi) is 3.38. The number of carbonyl (C=O) groups excluding carboxylic acids is 1. The highest BCUT2D eigenvalue weighted by atomic mass is 16.5. The lowest BCUT2D eigenvalue weighted by Crippen LogP contribution is -2.29. The van der Waals surface area contributed by atoms with Crippen molar-refractivity contribution in [3.8, 4) is 0 Å². The molecule has 3 heteroatoms. The number of ketones is 1. The minimum absolute atomic E-state index is 0.0118. The van der Waals surface area contributed by atoms with Crippen molar-refractivity contribution >= 4 is 11.4 Å². The first-order valence-corrected chi connectivity index (χ1v) is 8.82. The van der Waals surface area contributed by atoms with Crippen molar-refractivity contribution in [1.82, 2.24) is 0 Å². The molecule has 0 amide bonds. The van der Waals surface area contributed by atoms with Crippen LogP contribution < -0.4 is 0 Å². The van der Waals surface area contributed by atoms with Crippen molar-refractivity contribution in [1.29, 1.82) is 0 Å². The molecule has 1 aromatic carbocycles. The van der Waals surface area contributed by atoms with E-state index < -0.39 is 0 Å². The Labute approximate surface area is 137 Å². The molecule has 3 nitrogen and oxygen atoms in total. The van der Waals surface area contributed by atoms with E-state index in [-0.39, 0.29) is 29.8 Å². The number of benzene rings is 1. The predicted octanol–water partition coefficient (Wildman–Crippen LogP) is 3.77. The maximum Gasteiger partial charge on any atom is 0.173 e. The minimum Gasteiger partial charge on any atom is -0.511 e. The average molecular weight is 312 g/mol. The van der Waals surface area contributed by atoms with Gasteiger partial charge in [0.2, 0.25) is 0 Å². The zero-order valence-electron chi connectivity index (χ0n) is 14.1. The molecule has 2 fully saturated rings. The Hall–Kier alpha value is -1.61. The van der Waals surface area contributed by atoms with Crippen LogP contribution in [0.5, 0.6) is 0 Å². The van der Waals surface area contributed by atoms with Gasteiger partial charge >= 0.3 is 0 Å². The Morgan fingerprint density at radius 3 is 2.17 bits per heavy atom. The summed E-state index contributed by atoms with van der Waals surface area (Å²) < 4.78 is 5.88. The van der Waals surface area contributed by atoms with E-state index in [4.69, 9.17) is 4.74 Å². The molecular weight excluding hydrogens is 288 g/mol.